The molecule has 0 spiro atoms. The van der Waals surface area contributed by atoms with Crippen molar-refractivity contribution >= 4 is 22.8 Å². The van der Waals surface area contributed by atoms with E-state index in [2.05, 4.69) is 28.2 Å². The minimum Gasteiger partial charge on any atom is -0.346 e. The third-order valence-corrected chi connectivity index (χ3v) is 6.41. The number of carbonyl (C=O) groups excluding carboxylic acids is 2. The molecule has 0 saturated carbocycles. The Kier molecular flexibility index (Phi) is 5.01. The highest BCUT2D eigenvalue weighted by atomic mass is 16.2. The van der Waals surface area contributed by atoms with Crippen molar-refractivity contribution in [3.05, 3.63) is 77.1 Å². The molecule has 5 rings (SSSR count). The second-order valence-corrected chi connectivity index (χ2v) is 8.90. The fourth-order valence-corrected chi connectivity index (χ4v) is 4.56. The molecule has 33 heavy (non-hydrogen) atoms. The lowest BCUT2D eigenvalue weighted by atomic mass is 9.90. The monoisotopic (exact) mass is 438 g/mol. The van der Waals surface area contributed by atoms with Crippen LogP contribution in [0.15, 0.2) is 54.9 Å². The average molecular weight is 439 g/mol. The molecule has 2 aromatic carbocycles. The van der Waals surface area contributed by atoms with E-state index in [0.29, 0.717) is 5.56 Å². The summed E-state index contributed by atoms with van der Waals surface area (Å²) in [7, 11) is 5.35. The molecule has 2 aromatic heterocycles. The molecular weight excluding hydrogens is 412 g/mol. The Labute approximate surface area is 192 Å². The summed E-state index contributed by atoms with van der Waals surface area (Å²) in [5, 5.41) is 1.02. The second kappa shape index (κ2) is 7.89. The van der Waals surface area contributed by atoms with Gasteiger partial charge in [-0.3, -0.25) is 9.59 Å². The van der Waals surface area contributed by atoms with Crippen LogP contribution in [-0.4, -0.2) is 59.3 Å². The number of aryl methyl sites for hydroxylation is 1. The third kappa shape index (κ3) is 3.57. The summed E-state index contributed by atoms with van der Waals surface area (Å²) in [4.78, 5) is 36.1. The zero-order valence-corrected chi connectivity index (χ0v) is 19.3. The quantitative estimate of drug-likeness (QED) is 0.511. The standard InChI is InChI=1S/C27H26N4O2/c1-16-11-20(12-19-9-10-31(4)27(33)24(16)19)21-13-22-23(15-29-25(22)28-14-21)17-5-7-18(8-6-17)26(32)30(2)3/h5-8,11-15H,9-10H2,1-4H3,(H,28,29). The van der Waals surface area contributed by atoms with E-state index in [4.69, 9.17) is 0 Å². The van der Waals surface area contributed by atoms with E-state index in [1.807, 2.05) is 50.6 Å². The van der Waals surface area contributed by atoms with Gasteiger partial charge in [-0.25, -0.2) is 4.98 Å². The van der Waals surface area contributed by atoms with Gasteiger partial charge in [-0.15, -0.1) is 0 Å². The molecule has 0 unspecified atom stereocenters. The number of fused-ring (bicyclic) bond motifs is 2. The van der Waals surface area contributed by atoms with Gasteiger partial charge in [-0.1, -0.05) is 24.3 Å². The Bertz CT molecular complexity index is 1400. The Morgan fingerprint density at radius 1 is 1.06 bits per heavy atom. The van der Waals surface area contributed by atoms with Crippen LogP contribution >= 0.6 is 0 Å². The number of aromatic nitrogens is 2. The normalized spacial score (nSPS) is 13.3. The number of aromatic amines is 1. The molecule has 0 saturated heterocycles. The molecule has 6 nitrogen and oxygen atoms in total. The summed E-state index contributed by atoms with van der Waals surface area (Å²) >= 11 is 0. The van der Waals surface area contributed by atoms with Crippen LogP contribution in [0.5, 0.6) is 0 Å². The Balaban J connectivity index is 1.55. The molecule has 2 amide bonds. The molecule has 0 bridgehead atoms. The molecule has 166 valence electrons. The predicted octanol–water partition coefficient (Wildman–Crippen LogP) is 4.54. The summed E-state index contributed by atoms with van der Waals surface area (Å²) in [6.45, 7) is 2.74. The highest BCUT2D eigenvalue weighted by molar-refractivity contribution is 6.00. The molecule has 0 aliphatic carbocycles. The fraction of sp³-hybridized carbons (Fsp3) is 0.222. The first-order chi connectivity index (χ1) is 15.8. The molecule has 0 atom stereocenters. The van der Waals surface area contributed by atoms with Gasteiger partial charge in [-0.05, 0) is 53.8 Å². The van der Waals surface area contributed by atoms with Crippen molar-refractivity contribution in [1.82, 2.24) is 19.8 Å². The first-order valence-corrected chi connectivity index (χ1v) is 11.0. The van der Waals surface area contributed by atoms with E-state index in [-0.39, 0.29) is 11.8 Å². The molecule has 4 aromatic rings. The summed E-state index contributed by atoms with van der Waals surface area (Å²) in [5.74, 6) is 0.0786. The van der Waals surface area contributed by atoms with Crippen LogP contribution in [-0.2, 0) is 6.42 Å². The van der Waals surface area contributed by atoms with E-state index in [9.17, 15) is 9.59 Å². The number of nitrogens with one attached hydrogen (secondary N) is 1. The lowest BCUT2D eigenvalue weighted by Crippen LogP contribution is -2.34. The van der Waals surface area contributed by atoms with Crippen molar-refractivity contribution in [3.63, 3.8) is 0 Å². The number of benzene rings is 2. The Morgan fingerprint density at radius 3 is 2.55 bits per heavy atom. The summed E-state index contributed by atoms with van der Waals surface area (Å²) < 4.78 is 0. The molecule has 0 radical (unpaired) electrons. The third-order valence-electron chi connectivity index (χ3n) is 6.41. The van der Waals surface area contributed by atoms with Gasteiger partial charge in [0.25, 0.3) is 11.8 Å². The number of H-pyrrole nitrogens is 1. The van der Waals surface area contributed by atoms with Crippen LogP contribution in [0, 0.1) is 6.92 Å². The fourth-order valence-electron chi connectivity index (χ4n) is 4.56. The van der Waals surface area contributed by atoms with Gasteiger partial charge in [0.15, 0.2) is 0 Å². The molecule has 1 aliphatic rings. The number of carbonyl (C=O) groups is 2. The maximum absolute atomic E-state index is 12.6. The van der Waals surface area contributed by atoms with Crippen molar-refractivity contribution < 1.29 is 9.59 Å². The second-order valence-electron chi connectivity index (χ2n) is 8.90. The maximum Gasteiger partial charge on any atom is 0.254 e. The van der Waals surface area contributed by atoms with Gasteiger partial charge in [0.1, 0.15) is 5.65 Å². The van der Waals surface area contributed by atoms with Gasteiger partial charge in [0.05, 0.1) is 0 Å². The van der Waals surface area contributed by atoms with Crippen LogP contribution < -0.4 is 0 Å². The molecular formula is C27H26N4O2. The van der Waals surface area contributed by atoms with E-state index < -0.39 is 0 Å². The Hall–Kier alpha value is -3.93. The minimum absolute atomic E-state index is 0.0168. The Morgan fingerprint density at radius 2 is 1.82 bits per heavy atom. The number of rotatable bonds is 3. The molecule has 6 heteroatoms. The van der Waals surface area contributed by atoms with Crippen LogP contribution in [0.2, 0.25) is 0 Å². The molecule has 1 aliphatic heterocycles. The van der Waals surface area contributed by atoms with Crippen molar-refractivity contribution in [2.24, 2.45) is 0 Å². The minimum atomic E-state index is -0.0168. The summed E-state index contributed by atoms with van der Waals surface area (Å²) in [6.07, 6.45) is 4.69. The number of hydrogen-bond donors (Lipinski definition) is 1. The highest BCUT2D eigenvalue weighted by Crippen LogP contribution is 2.33. The van der Waals surface area contributed by atoms with E-state index in [1.54, 1.807) is 23.9 Å². The van der Waals surface area contributed by atoms with Crippen LogP contribution in [0.3, 0.4) is 0 Å². The van der Waals surface area contributed by atoms with Crippen LogP contribution in [0.1, 0.15) is 31.8 Å². The number of likely N-dealkylation sites (N-methyl/N-ethyl adjacent to an activating group) is 1. The predicted molar refractivity (Wildman–Crippen MR) is 130 cm³/mol. The molecule has 1 N–H and O–H groups in total. The maximum atomic E-state index is 12.6. The van der Waals surface area contributed by atoms with Gasteiger partial charge in [0, 0.05) is 67.7 Å². The summed E-state index contributed by atoms with van der Waals surface area (Å²) in [6, 6.07) is 14.0. The van der Waals surface area contributed by atoms with Gasteiger partial charge >= 0.3 is 0 Å². The average Bonchev–Trinajstić information content (AvgIpc) is 3.24. The van der Waals surface area contributed by atoms with Crippen molar-refractivity contribution in [1.29, 1.82) is 0 Å². The zero-order valence-electron chi connectivity index (χ0n) is 19.3. The first-order valence-electron chi connectivity index (χ1n) is 11.0. The van der Waals surface area contributed by atoms with E-state index in [1.165, 1.54) is 0 Å². The number of amides is 2. The molecule has 0 fully saturated rings. The van der Waals surface area contributed by atoms with Crippen LogP contribution in [0.25, 0.3) is 33.3 Å². The van der Waals surface area contributed by atoms with Gasteiger partial charge in [-0.2, -0.15) is 0 Å². The van der Waals surface area contributed by atoms with E-state index >= 15 is 0 Å². The topological polar surface area (TPSA) is 69.3 Å². The van der Waals surface area contributed by atoms with Crippen LogP contribution in [0.4, 0.5) is 0 Å². The smallest absolute Gasteiger partial charge is 0.254 e. The van der Waals surface area contributed by atoms with Crippen molar-refractivity contribution in [3.8, 4) is 22.3 Å². The number of nitrogens with zero attached hydrogens (tertiary/aromatic N) is 3. The van der Waals surface area contributed by atoms with Gasteiger partial charge < -0.3 is 14.8 Å². The first kappa shape index (κ1) is 20.9. The lowest BCUT2D eigenvalue weighted by molar-refractivity contribution is 0.0779. The zero-order chi connectivity index (χ0) is 23.3. The number of hydrogen-bond acceptors (Lipinski definition) is 3. The van der Waals surface area contributed by atoms with Crippen molar-refractivity contribution in [2.45, 2.75) is 13.3 Å². The number of pyridine rings is 1. The molecule has 3 heterocycles. The summed E-state index contributed by atoms with van der Waals surface area (Å²) in [5.41, 5.74) is 8.54. The van der Waals surface area contributed by atoms with E-state index in [0.717, 1.165) is 62.9 Å². The largest absolute Gasteiger partial charge is 0.346 e. The lowest BCUT2D eigenvalue weighted by Gasteiger charge is -2.26. The van der Waals surface area contributed by atoms with Gasteiger partial charge in [0.2, 0.25) is 0 Å². The van der Waals surface area contributed by atoms with Crippen molar-refractivity contribution in [2.75, 3.05) is 27.7 Å². The SMILES string of the molecule is Cc1cc(-c2cnc3[nH]cc(-c4ccc(C(=O)N(C)C)cc4)c3c2)cc2c1C(=O)N(C)CC2. The highest BCUT2D eigenvalue weighted by Gasteiger charge is 2.24.